The molecule has 0 unspecified atom stereocenters. The molecule has 1 amide bonds. The Morgan fingerprint density at radius 1 is 1.13 bits per heavy atom. The van der Waals surface area contributed by atoms with Crippen LogP contribution >= 0.6 is 0 Å². The number of nitrogens with one attached hydrogen (secondary N) is 1. The third-order valence-corrected chi connectivity index (χ3v) is 3.22. The van der Waals surface area contributed by atoms with Crippen LogP contribution in [0.5, 0.6) is 0 Å². The van der Waals surface area contributed by atoms with Crippen molar-refractivity contribution >= 4 is 23.3 Å². The third kappa shape index (κ3) is 4.29. The van der Waals surface area contributed by atoms with Crippen molar-refractivity contribution in [3.8, 4) is 0 Å². The van der Waals surface area contributed by atoms with E-state index >= 15 is 0 Å². The first-order valence-electron chi connectivity index (χ1n) is 7.15. The maximum atomic E-state index is 12.0. The Morgan fingerprint density at radius 2 is 1.83 bits per heavy atom. The van der Waals surface area contributed by atoms with Crippen LogP contribution < -0.4 is 5.32 Å². The van der Waals surface area contributed by atoms with E-state index in [1.54, 1.807) is 38.1 Å². The van der Waals surface area contributed by atoms with E-state index in [2.05, 4.69) is 5.32 Å². The maximum absolute atomic E-state index is 12.0. The zero-order valence-electron chi connectivity index (χ0n) is 12.9. The molecule has 2 rings (SSSR count). The van der Waals surface area contributed by atoms with Crippen molar-refractivity contribution < 1.29 is 23.5 Å². The summed E-state index contributed by atoms with van der Waals surface area (Å²) in [5.41, 5.74) is 1.31. The predicted molar refractivity (Wildman–Crippen MR) is 83.4 cm³/mol. The zero-order chi connectivity index (χ0) is 16.8. The maximum Gasteiger partial charge on any atom is 0.342 e. The van der Waals surface area contributed by atoms with Gasteiger partial charge in [-0.25, -0.2) is 4.79 Å². The predicted octanol–water partition coefficient (Wildman–Crippen LogP) is 2.98. The van der Waals surface area contributed by atoms with Gasteiger partial charge in [0.05, 0.1) is 6.26 Å². The monoisotopic (exact) mass is 315 g/mol. The van der Waals surface area contributed by atoms with Crippen LogP contribution in [0.4, 0.5) is 5.69 Å². The molecule has 0 atom stereocenters. The minimum Gasteiger partial charge on any atom is -0.469 e. The number of amides is 1. The molecule has 0 aliphatic heterocycles. The molecule has 1 aromatic carbocycles. The fraction of sp³-hybridized carbons (Fsp3) is 0.235. The number of carbonyl (C=O) groups excluding carboxylic acids is 3. The van der Waals surface area contributed by atoms with Crippen molar-refractivity contribution in [3.63, 3.8) is 0 Å². The van der Waals surface area contributed by atoms with E-state index in [1.807, 2.05) is 0 Å². The molecule has 0 aliphatic rings. The summed E-state index contributed by atoms with van der Waals surface area (Å²) in [5.74, 6) is -0.587. The Balaban J connectivity index is 1.92. The van der Waals surface area contributed by atoms with Gasteiger partial charge in [0.25, 0.3) is 0 Å². The fourth-order valence-corrected chi connectivity index (χ4v) is 1.88. The smallest absolute Gasteiger partial charge is 0.342 e. The highest BCUT2D eigenvalue weighted by Gasteiger charge is 2.15. The van der Waals surface area contributed by atoms with Crippen molar-refractivity contribution in [3.05, 3.63) is 53.5 Å². The zero-order valence-corrected chi connectivity index (χ0v) is 12.9. The van der Waals surface area contributed by atoms with Crippen LogP contribution in [-0.4, -0.2) is 24.3 Å². The first-order chi connectivity index (χ1) is 11.0. The van der Waals surface area contributed by atoms with Gasteiger partial charge >= 0.3 is 5.97 Å². The number of carbonyl (C=O) groups is 3. The molecule has 6 heteroatoms. The normalized spacial score (nSPS) is 10.2. The summed E-state index contributed by atoms with van der Waals surface area (Å²) in [7, 11) is 0. The van der Waals surface area contributed by atoms with E-state index in [0.717, 1.165) is 0 Å². The van der Waals surface area contributed by atoms with E-state index in [4.69, 9.17) is 9.15 Å². The van der Waals surface area contributed by atoms with E-state index < -0.39 is 5.97 Å². The van der Waals surface area contributed by atoms with Crippen molar-refractivity contribution in [2.24, 2.45) is 0 Å². The van der Waals surface area contributed by atoms with Crippen molar-refractivity contribution in [1.82, 2.24) is 0 Å². The van der Waals surface area contributed by atoms with E-state index in [9.17, 15) is 14.4 Å². The number of esters is 1. The summed E-state index contributed by atoms with van der Waals surface area (Å²) in [6.45, 7) is 3.04. The summed E-state index contributed by atoms with van der Waals surface area (Å²) < 4.78 is 9.99. The number of rotatable bonds is 6. The molecule has 1 aromatic heterocycles. The largest absolute Gasteiger partial charge is 0.469 e. The molecule has 0 saturated carbocycles. The molecule has 23 heavy (non-hydrogen) atoms. The van der Waals surface area contributed by atoms with Crippen LogP contribution in [0, 0.1) is 6.92 Å². The van der Waals surface area contributed by atoms with Crippen LogP contribution in [0.25, 0.3) is 0 Å². The van der Waals surface area contributed by atoms with Crippen molar-refractivity contribution in [1.29, 1.82) is 0 Å². The number of benzene rings is 1. The van der Waals surface area contributed by atoms with Gasteiger partial charge < -0.3 is 14.5 Å². The molecule has 0 bridgehead atoms. The second-order valence-corrected chi connectivity index (χ2v) is 4.87. The summed E-state index contributed by atoms with van der Waals surface area (Å²) in [5, 5.41) is 2.69. The molecule has 0 spiro atoms. The standard InChI is InChI=1S/C17H17NO5/c1-3-16(20)18-13-6-4-12(5-7-13)15(19)10-23-17(21)14-8-9-22-11(14)2/h4-9H,3,10H2,1-2H3,(H,18,20). The highest BCUT2D eigenvalue weighted by Crippen LogP contribution is 2.12. The lowest BCUT2D eigenvalue weighted by Crippen LogP contribution is -2.14. The molecule has 120 valence electrons. The summed E-state index contributed by atoms with van der Waals surface area (Å²) in [6.07, 6.45) is 1.77. The Kier molecular flexibility index (Phi) is 5.30. The lowest BCUT2D eigenvalue weighted by molar-refractivity contribution is -0.115. The first kappa shape index (κ1) is 16.5. The Morgan fingerprint density at radius 3 is 2.39 bits per heavy atom. The molecule has 1 N–H and O–H groups in total. The highest BCUT2D eigenvalue weighted by atomic mass is 16.5. The molecular formula is C17H17NO5. The first-order valence-corrected chi connectivity index (χ1v) is 7.15. The summed E-state index contributed by atoms with van der Waals surface area (Å²) in [4.78, 5) is 35.1. The number of ketones is 1. The second kappa shape index (κ2) is 7.40. The minimum absolute atomic E-state index is 0.103. The van der Waals surface area contributed by atoms with Crippen LogP contribution in [0.15, 0.2) is 41.0 Å². The lowest BCUT2D eigenvalue weighted by Gasteiger charge is -2.06. The van der Waals surface area contributed by atoms with Crippen LogP contribution in [-0.2, 0) is 9.53 Å². The number of Topliss-reactive ketones (excluding diaryl/α,β-unsaturated/α-hetero) is 1. The van der Waals surface area contributed by atoms with Gasteiger partial charge in [0.2, 0.25) is 5.91 Å². The van der Waals surface area contributed by atoms with Gasteiger partial charge in [-0.3, -0.25) is 9.59 Å². The summed E-state index contributed by atoms with van der Waals surface area (Å²) >= 11 is 0. The molecule has 1 heterocycles. The minimum atomic E-state index is -0.601. The second-order valence-electron chi connectivity index (χ2n) is 4.87. The number of ether oxygens (including phenoxy) is 1. The SMILES string of the molecule is CCC(=O)Nc1ccc(C(=O)COC(=O)c2ccoc2C)cc1. The van der Waals surface area contributed by atoms with Crippen LogP contribution in [0.3, 0.4) is 0 Å². The number of hydrogen-bond donors (Lipinski definition) is 1. The highest BCUT2D eigenvalue weighted by molar-refractivity contribution is 6.00. The molecule has 0 saturated heterocycles. The van der Waals surface area contributed by atoms with Gasteiger partial charge in [-0.15, -0.1) is 0 Å². The Labute approximate surface area is 133 Å². The topological polar surface area (TPSA) is 85.6 Å². The average molecular weight is 315 g/mol. The van der Waals surface area contributed by atoms with E-state index in [0.29, 0.717) is 29.0 Å². The van der Waals surface area contributed by atoms with Gasteiger partial charge in [-0.05, 0) is 37.3 Å². The summed E-state index contributed by atoms with van der Waals surface area (Å²) in [6, 6.07) is 7.90. The molecule has 0 radical (unpaired) electrons. The fourth-order valence-electron chi connectivity index (χ4n) is 1.88. The average Bonchev–Trinajstić information content (AvgIpc) is 2.99. The number of anilines is 1. The van der Waals surface area contributed by atoms with Crippen LogP contribution in [0.1, 0.15) is 39.8 Å². The van der Waals surface area contributed by atoms with Crippen molar-refractivity contribution in [2.75, 3.05) is 11.9 Å². The van der Waals surface area contributed by atoms with Gasteiger partial charge in [0, 0.05) is 17.7 Å². The van der Waals surface area contributed by atoms with Crippen LogP contribution in [0.2, 0.25) is 0 Å². The van der Waals surface area contributed by atoms with Gasteiger partial charge in [-0.1, -0.05) is 6.92 Å². The van der Waals surface area contributed by atoms with Gasteiger partial charge in [0.15, 0.2) is 12.4 Å². The van der Waals surface area contributed by atoms with E-state index in [-0.39, 0.29) is 18.3 Å². The molecule has 0 fully saturated rings. The van der Waals surface area contributed by atoms with Crippen molar-refractivity contribution in [2.45, 2.75) is 20.3 Å². The quantitative estimate of drug-likeness (QED) is 0.654. The van der Waals surface area contributed by atoms with E-state index in [1.165, 1.54) is 12.3 Å². The number of hydrogen-bond acceptors (Lipinski definition) is 5. The molecule has 6 nitrogen and oxygen atoms in total. The molecule has 2 aromatic rings. The Hall–Kier alpha value is -2.89. The number of aryl methyl sites for hydroxylation is 1. The molecule has 0 aliphatic carbocycles. The molecular weight excluding hydrogens is 298 g/mol. The number of furan rings is 1. The third-order valence-electron chi connectivity index (χ3n) is 3.22. The lowest BCUT2D eigenvalue weighted by atomic mass is 10.1. The van der Waals surface area contributed by atoms with Gasteiger partial charge in [-0.2, -0.15) is 0 Å². The van der Waals surface area contributed by atoms with Gasteiger partial charge in [0.1, 0.15) is 11.3 Å². The Bertz CT molecular complexity index is 715.